The topological polar surface area (TPSA) is 27.7 Å². The summed E-state index contributed by atoms with van der Waals surface area (Å²) < 4.78 is 16.3. The van der Waals surface area contributed by atoms with Crippen LogP contribution >= 0.6 is 0 Å². The lowest BCUT2D eigenvalue weighted by Crippen LogP contribution is -2.26. The molecule has 0 amide bonds. The minimum absolute atomic E-state index is 0.116. The summed E-state index contributed by atoms with van der Waals surface area (Å²) >= 11 is 0. The molecule has 0 spiro atoms. The van der Waals surface area contributed by atoms with E-state index in [2.05, 4.69) is 0 Å². The number of benzene rings is 1. The zero-order valence-corrected chi connectivity index (χ0v) is 8.94. The van der Waals surface area contributed by atoms with Crippen LogP contribution in [0.4, 0.5) is 0 Å². The maximum atomic E-state index is 5.50. The molecule has 1 aliphatic heterocycles. The van der Waals surface area contributed by atoms with Crippen LogP contribution < -0.4 is 4.74 Å². The SMILES string of the molecule is COc1ccccc1CC1OCCCO1. The number of para-hydroxylation sites is 1. The summed E-state index contributed by atoms with van der Waals surface area (Å²) in [5, 5.41) is 0. The third kappa shape index (κ3) is 2.70. The first-order valence-corrected chi connectivity index (χ1v) is 5.25. The van der Waals surface area contributed by atoms with E-state index in [0.717, 1.165) is 37.4 Å². The Kier molecular flexibility index (Phi) is 3.59. The molecule has 0 radical (unpaired) electrons. The third-order valence-corrected chi connectivity index (χ3v) is 2.48. The van der Waals surface area contributed by atoms with Gasteiger partial charge in [-0.1, -0.05) is 18.2 Å². The summed E-state index contributed by atoms with van der Waals surface area (Å²) in [5.41, 5.74) is 1.13. The average Bonchev–Trinajstić information content (AvgIpc) is 2.31. The van der Waals surface area contributed by atoms with Crippen LogP contribution in [0.2, 0.25) is 0 Å². The van der Waals surface area contributed by atoms with Gasteiger partial charge in [-0.3, -0.25) is 0 Å². The highest BCUT2D eigenvalue weighted by Gasteiger charge is 2.16. The molecule has 0 aliphatic carbocycles. The van der Waals surface area contributed by atoms with Gasteiger partial charge in [0, 0.05) is 6.42 Å². The fourth-order valence-electron chi connectivity index (χ4n) is 1.71. The Morgan fingerprint density at radius 3 is 2.73 bits per heavy atom. The zero-order valence-electron chi connectivity index (χ0n) is 8.94. The van der Waals surface area contributed by atoms with Crippen LogP contribution in [0.15, 0.2) is 24.3 Å². The van der Waals surface area contributed by atoms with Gasteiger partial charge < -0.3 is 14.2 Å². The van der Waals surface area contributed by atoms with Crippen molar-refractivity contribution >= 4 is 0 Å². The van der Waals surface area contributed by atoms with E-state index in [9.17, 15) is 0 Å². The molecule has 1 aromatic rings. The Labute approximate surface area is 90.0 Å². The van der Waals surface area contributed by atoms with Crippen molar-refractivity contribution in [2.75, 3.05) is 20.3 Å². The molecule has 0 atom stereocenters. The van der Waals surface area contributed by atoms with Crippen molar-refractivity contribution in [2.24, 2.45) is 0 Å². The van der Waals surface area contributed by atoms with E-state index in [1.165, 1.54) is 0 Å². The van der Waals surface area contributed by atoms with Crippen LogP contribution in [0, 0.1) is 0 Å². The molecule has 1 aliphatic rings. The maximum Gasteiger partial charge on any atom is 0.161 e. The van der Waals surface area contributed by atoms with E-state index in [0.29, 0.717) is 0 Å². The molecule has 15 heavy (non-hydrogen) atoms. The summed E-state index contributed by atoms with van der Waals surface area (Å²) in [6.45, 7) is 1.58. The van der Waals surface area contributed by atoms with Crippen LogP contribution in [0.25, 0.3) is 0 Å². The van der Waals surface area contributed by atoms with Gasteiger partial charge in [0.1, 0.15) is 5.75 Å². The highest BCUT2D eigenvalue weighted by molar-refractivity contribution is 5.33. The summed E-state index contributed by atoms with van der Waals surface area (Å²) in [6.07, 6.45) is 1.63. The number of hydrogen-bond acceptors (Lipinski definition) is 3. The summed E-state index contributed by atoms with van der Waals surface area (Å²) in [4.78, 5) is 0. The van der Waals surface area contributed by atoms with Crippen molar-refractivity contribution < 1.29 is 14.2 Å². The smallest absolute Gasteiger partial charge is 0.161 e. The molecule has 0 bridgehead atoms. The Hall–Kier alpha value is -1.06. The molecule has 3 nitrogen and oxygen atoms in total. The summed E-state index contributed by atoms with van der Waals surface area (Å²) in [5.74, 6) is 0.898. The molecule has 0 aromatic heterocycles. The van der Waals surface area contributed by atoms with Gasteiger partial charge >= 0.3 is 0 Å². The molecule has 0 saturated carbocycles. The van der Waals surface area contributed by atoms with Crippen LogP contribution in [0.1, 0.15) is 12.0 Å². The second-order valence-corrected chi connectivity index (χ2v) is 3.54. The van der Waals surface area contributed by atoms with Gasteiger partial charge in [-0.15, -0.1) is 0 Å². The summed E-state index contributed by atoms with van der Waals surface area (Å²) in [7, 11) is 1.68. The minimum Gasteiger partial charge on any atom is -0.496 e. The molecular weight excluding hydrogens is 192 g/mol. The van der Waals surface area contributed by atoms with Crippen molar-refractivity contribution in [3.8, 4) is 5.75 Å². The summed E-state index contributed by atoms with van der Waals surface area (Å²) in [6, 6.07) is 7.96. The van der Waals surface area contributed by atoms with E-state index in [4.69, 9.17) is 14.2 Å². The van der Waals surface area contributed by atoms with E-state index in [1.807, 2.05) is 24.3 Å². The Morgan fingerprint density at radius 2 is 2.00 bits per heavy atom. The van der Waals surface area contributed by atoms with Crippen molar-refractivity contribution in [3.63, 3.8) is 0 Å². The predicted octanol–water partition coefficient (Wildman–Crippen LogP) is 2.00. The van der Waals surface area contributed by atoms with E-state index in [1.54, 1.807) is 7.11 Å². The number of hydrogen-bond donors (Lipinski definition) is 0. The molecule has 3 heteroatoms. The first-order chi connectivity index (χ1) is 7.40. The number of ether oxygens (including phenoxy) is 3. The van der Waals surface area contributed by atoms with Gasteiger partial charge in [-0.2, -0.15) is 0 Å². The van der Waals surface area contributed by atoms with Crippen LogP contribution in [-0.2, 0) is 15.9 Å². The molecule has 1 fully saturated rings. The standard InChI is InChI=1S/C12H16O3/c1-13-11-6-3-2-5-10(11)9-12-14-7-4-8-15-12/h2-3,5-6,12H,4,7-9H2,1H3. The Balaban J connectivity index is 2.02. The Bertz CT molecular complexity index is 305. The van der Waals surface area contributed by atoms with E-state index >= 15 is 0 Å². The molecule has 82 valence electrons. The van der Waals surface area contributed by atoms with Crippen LogP contribution in [0.3, 0.4) is 0 Å². The fourth-order valence-corrected chi connectivity index (χ4v) is 1.71. The average molecular weight is 208 g/mol. The van der Waals surface area contributed by atoms with Crippen LogP contribution in [-0.4, -0.2) is 26.6 Å². The minimum atomic E-state index is -0.116. The van der Waals surface area contributed by atoms with Crippen molar-refractivity contribution in [2.45, 2.75) is 19.1 Å². The highest BCUT2D eigenvalue weighted by Crippen LogP contribution is 2.21. The third-order valence-electron chi connectivity index (χ3n) is 2.48. The first-order valence-electron chi connectivity index (χ1n) is 5.25. The van der Waals surface area contributed by atoms with Gasteiger partial charge in [0.05, 0.1) is 20.3 Å². The largest absolute Gasteiger partial charge is 0.496 e. The van der Waals surface area contributed by atoms with Gasteiger partial charge in [0.2, 0.25) is 0 Å². The number of rotatable bonds is 3. The highest BCUT2D eigenvalue weighted by atomic mass is 16.7. The van der Waals surface area contributed by atoms with E-state index in [-0.39, 0.29) is 6.29 Å². The van der Waals surface area contributed by atoms with Gasteiger partial charge in [0.15, 0.2) is 6.29 Å². The van der Waals surface area contributed by atoms with E-state index < -0.39 is 0 Å². The van der Waals surface area contributed by atoms with Gasteiger partial charge in [-0.25, -0.2) is 0 Å². The predicted molar refractivity (Wildman–Crippen MR) is 57.0 cm³/mol. The monoisotopic (exact) mass is 208 g/mol. The normalized spacial score (nSPS) is 17.7. The zero-order chi connectivity index (χ0) is 10.5. The molecule has 2 rings (SSSR count). The lowest BCUT2D eigenvalue weighted by atomic mass is 10.1. The second-order valence-electron chi connectivity index (χ2n) is 3.54. The first kappa shape index (κ1) is 10.5. The lowest BCUT2D eigenvalue weighted by Gasteiger charge is -2.23. The van der Waals surface area contributed by atoms with Gasteiger partial charge in [-0.05, 0) is 18.1 Å². The maximum absolute atomic E-state index is 5.50. The molecule has 1 heterocycles. The Morgan fingerprint density at radius 1 is 1.27 bits per heavy atom. The molecule has 1 saturated heterocycles. The van der Waals surface area contributed by atoms with Crippen LogP contribution in [0.5, 0.6) is 5.75 Å². The van der Waals surface area contributed by atoms with Crippen molar-refractivity contribution in [3.05, 3.63) is 29.8 Å². The quantitative estimate of drug-likeness (QED) is 0.760. The molecule has 0 N–H and O–H groups in total. The second kappa shape index (κ2) is 5.14. The molecule has 0 unspecified atom stereocenters. The van der Waals surface area contributed by atoms with Crippen molar-refractivity contribution in [1.82, 2.24) is 0 Å². The number of methoxy groups -OCH3 is 1. The lowest BCUT2D eigenvalue weighted by molar-refractivity contribution is -0.177. The fraction of sp³-hybridized carbons (Fsp3) is 0.500. The molecule has 1 aromatic carbocycles. The van der Waals surface area contributed by atoms with Crippen molar-refractivity contribution in [1.29, 1.82) is 0 Å². The molecular formula is C12H16O3. The van der Waals surface area contributed by atoms with Gasteiger partial charge in [0.25, 0.3) is 0 Å².